The highest BCUT2D eigenvalue weighted by Gasteiger charge is 2.11. The highest BCUT2D eigenvalue weighted by molar-refractivity contribution is 6.05. The SMILES string of the molecule is COc1ccccc1NC(=O)c1ccc(-c2nc3ccc(C)cc3[nH]2)cc1. The fourth-order valence-corrected chi connectivity index (χ4v) is 2.98. The largest absolute Gasteiger partial charge is 0.495 e. The number of aryl methyl sites for hydroxylation is 1. The number of fused-ring (bicyclic) bond motifs is 1. The van der Waals surface area contributed by atoms with E-state index in [1.54, 1.807) is 19.2 Å². The molecule has 3 aromatic carbocycles. The second-order valence-corrected chi connectivity index (χ2v) is 6.34. The standard InChI is InChI=1S/C22H19N3O2/c1-14-7-12-17-19(13-14)24-21(23-17)15-8-10-16(11-9-15)22(26)25-18-5-3-4-6-20(18)27-2/h3-13H,1-2H3,(H,23,24)(H,25,26). The summed E-state index contributed by atoms with van der Waals surface area (Å²) in [5.74, 6) is 1.22. The van der Waals surface area contributed by atoms with Crippen molar-refractivity contribution in [2.75, 3.05) is 12.4 Å². The number of aromatic nitrogens is 2. The zero-order chi connectivity index (χ0) is 18.8. The molecule has 27 heavy (non-hydrogen) atoms. The van der Waals surface area contributed by atoms with Gasteiger partial charge in [-0.2, -0.15) is 0 Å². The molecule has 0 aliphatic heterocycles. The van der Waals surface area contributed by atoms with Gasteiger partial charge in [-0.25, -0.2) is 4.98 Å². The second-order valence-electron chi connectivity index (χ2n) is 6.34. The minimum absolute atomic E-state index is 0.189. The Morgan fingerprint density at radius 2 is 1.81 bits per heavy atom. The first-order valence-corrected chi connectivity index (χ1v) is 8.65. The van der Waals surface area contributed by atoms with Gasteiger partial charge in [0.2, 0.25) is 0 Å². The fourth-order valence-electron chi connectivity index (χ4n) is 2.98. The zero-order valence-electron chi connectivity index (χ0n) is 15.1. The maximum absolute atomic E-state index is 12.5. The van der Waals surface area contributed by atoms with Crippen molar-refractivity contribution in [2.45, 2.75) is 6.92 Å². The second kappa shape index (κ2) is 6.96. The molecule has 4 rings (SSSR count). The molecular weight excluding hydrogens is 338 g/mol. The number of carbonyl (C=O) groups is 1. The van der Waals surface area contributed by atoms with Crippen molar-refractivity contribution < 1.29 is 9.53 Å². The lowest BCUT2D eigenvalue weighted by Gasteiger charge is -2.10. The quantitative estimate of drug-likeness (QED) is 0.551. The summed E-state index contributed by atoms with van der Waals surface area (Å²) in [5.41, 5.74) is 5.24. The Kier molecular flexibility index (Phi) is 4.34. The van der Waals surface area contributed by atoms with Crippen LogP contribution in [-0.4, -0.2) is 23.0 Å². The number of amides is 1. The first-order chi connectivity index (χ1) is 13.1. The van der Waals surface area contributed by atoms with Crippen LogP contribution in [0.2, 0.25) is 0 Å². The molecule has 0 bridgehead atoms. The molecule has 0 spiro atoms. The number of hydrogen-bond donors (Lipinski definition) is 2. The first-order valence-electron chi connectivity index (χ1n) is 8.65. The molecule has 5 nitrogen and oxygen atoms in total. The Morgan fingerprint density at radius 3 is 2.59 bits per heavy atom. The minimum atomic E-state index is -0.189. The number of carbonyl (C=O) groups excluding carboxylic acids is 1. The molecule has 4 aromatic rings. The third kappa shape index (κ3) is 3.40. The number of methoxy groups -OCH3 is 1. The summed E-state index contributed by atoms with van der Waals surface area (Å²) in [7, 11) is 1.58. The molecule has 0 radical (unpaired) electrons. The van der Waals surface area contributed by atoms with Crippen molar-refractivity contribution in [1.82, 2.24) is 9.97 Å². The number of nitrogens with one attached hydrogen (secondary N) is 2. The Morgan fingerprint density at radius 1 is 1.04 bits per heavy atom. The zero-order valence-corrected chi connectivity index (χ0v) is 15.1. The third-order valence-corrected chi connectivity index (χ3v) is 4.41. The van der Waals surface area contributed by atoms with E-state index in [1.165, 1.54) is 5.56 Å². The van der Waals surface area contributed by atoms with Gasteiger partial charge in [0.05, 0.1) is 23.8 Å². The maximum atomic E-state index is 12.5. The van der Waals surface area contributed by atoms with E-state index in [4.69, 9.17) is 4.74 Å². The number of imidazole rings is 1. The number of para-hydroxylation sites is 2. The van der Waals surface area contributed by atoms with Gasteiger partial charge < -0.3 is 15.0 Å². The smallest absolute Gasteiger partial charge is 0.255 e. The summed E-state index contributed by atoms with van der Waals surface area (Å²) in [6.07, 6.45) is 0. The predicted octanol–water partition coefficient (Wildman–Crippen LogP) is 4.80. The Balaban J connectivity index is 1.56. The van der Waals surface area contributed by atoms with Gasteiger partial charge >= 0.3 is 0 Å². The van der Waals surface area contributed by atoms with Crippen LogP contribution in [0.3, 0.4) is 0 Å². The van der Waals surface area contributed by atoms with Gasteiger partial charge in [0.25, 0.3) is 5.91 Å². The number of aromatic amines is 1. The summed E-state index contributed by atoms with van der Waals surface area (Å²) >= 11 is 0. The Hall–Kier alpha value is -3.60. The molecule has 0 atom stereocenters. The summed E-state index contributed by atoms with van der Waals surface area (Å²) in [5, 5.41) is 2.88. The van der Waals surface area contributed by atoms with Crippen molar-refractivity contribution >= 4 is 22.6 Å². The molecule has 0 saturated heterocycles. The van der Waals surface area contributed by atoms with Crippen LogP contribution in [0, 0.1) is 6.92 Å². The van der Waals surface area contributed by atoms with E-state index in [9.17, 15) is 4.79 Å². The molecule has 2 N–H and O–H groups in total. The van der Waals surface area contributed by atoms with Gasteiger partial charge in [0, 0.05) is 11.1 Å². The number of hydrogen-bond acceptors (Lipinski definition) is 3. The van der Waals surface area contributed by atoms with Crippen molar-refractivity contribution in [3.05, 3.63) is 77.9 Å². The molecule has 1 heterocycles. The van der Waals surface area contributed by atoms with Crippen molar-refractivity contribution in [2.24, 2.45) is 0 Å². The average molecular weight is 357 g/mol. The van der Waals surface area contributed by atoms with Gasteiger partial charge in [0.1, 0.15) is 11.6 Å². The Labute approximate surface area is 157 Å². The lowest BCUT2D eigenvalue weighted by molar-refractivity contribution is 0.102. The van der Waals surface area contributed by atoms with E-state index in [-0.39, 0.29) is 5.91 Å². The number of H-pyrrole nitrogens is 1. The molecule has 0 fully saturated rings. The average Bonchev–Trinajstić information content (AvgIpc) is 3.11. The number of rotatable bonds is 4. The highest BCUT2D eigenvalue weighted by atomic mass is 16.5. The number of benzene rings is 3. The molecule has 5 heteroatoms. The van der Waals surface area contributed by atoms with E-state index < -0.39 is 0 Å². The van der Waals surface area contributed by atoms with Crippen molar-refractivity contribution in [1.29, 1.82) is 0 Å². The number of nitrogens with zero attached hydrogens (tertiary/aromatic N) is 1. The van der Waals surface area contributed by atoms with Crippen LogP contribution in [0.25, 0.3) is 22.4 Å². The summed E-state index contributed by atoms with van der Waals surface area (Å²) in [6.45, 7) is 2.05. The molecule has 1 aromatic heterocycles. The summed E-state index contributed by atoms with van der Waals surface area (Å²) < 4.78 is 5.27. The summed E-state index contributed by atoms with van der Waals surface area (Å²) in [4.78, 5) is 20.5. The fraction of sp³-hybridized carbons (Fsp3) is 0.0909. The van der Waals surface area contributed by atoms with E-state index in [0.29, 0.717) is 17.0 Å². The maximum Gasteiger partial charge on any atom is 0.255 e. The van der Waals surface area contributed by atoms with E-state index >= 15 is 0 Å². The number of ether oxygens (including phenoxy) is 1. The lowest BCUT2D eigenvalue weighted by atomic mass is 10.1. The van der Waals surface area contributed by atoms with Gasteiger partial charge in [-0.15, -0.1) is 0 Å². The van der Waals surface area contributed by atoms with Gasteiger partial charge in [0.15, 0.2) is 0 Å². The van der Waals surface area contributed by atoms with Crippen molar-refractivity contribution in [3.63, 3.8) is 0 Å². The van der Waals surface area contributed by atoms with Crippen LogP contribution in [0.1, 0.15) is 15.9 Å². The normalized spacial score (nSPS) is 10.7. The van der Waals surface area contributed by atoms with Crippen LogP contribution in [0.4, 0.5) is 5.69 Å². The molecular formula is C22H19N3O2. The highest BCUT2D eigenvalue weighted by Crippen LogP contribution is 2.25. The van der Waals surface area contributed by atoms with E-state index in [1.807, 2.05) is 48.5 Å². The Bertz CT molecular complexity index is 1110. The molecule has 134 valence electrons. The molecule has 0 aliphatic rings. The van der Waals surface area contributed by atoms with Crippen LogP contribution in [0.5, 0.6) is 5.75 Å². The predicted molar refractivity (Wildman–Crippen MR) is 107 cm³/mol. The molecule has 0 unspecified atom stereocenters. The van der Waals surface area contributed by atoms with E-state index in [2.05, 4.69) is 28.3 Å². The molecule has 0 saturated carbocycles. The van der Waals surface area contributed by atoms with Gasteiger partial charge in [-0.05, 0) is 48.9 Å². The van der Waals surface area contributed by atoms with E-state index in [0.717, 1.165) is 22.4 Å². The van der Waals surface area contributed by atoms with Gasteiger partial charge in [-0.3, -0.25) is 4.79 Å². The topological polar surface area (TPSA) is 67.0 Å². The lowest BCUT2D eigenvalue weighted by Crippen LogP contribution is -2.12. The molecule has 1 amide bonds. The third-order valence-electron chi connectivity index (χ3n) is 4.41. The first kappa shape index (κ1) is 16.8. The summed E-state index contributed by atoms with van der Waals surface area (Å²) in [6, 6.07) is 20.8. The number of anilines is 1. The van der Waals surface area contributed by atoms with Crippen LogP contribution in [0.15, 0.2) is 66.7 Å². The molecule has 0 aliphatic carbocycles. The van der Waals surface area contributed by atoms with Crippen LogP contribution < -0.4 is 10.1 Å². The van der Waals surface area contributed by atoms with Crippen LogP contribution >= 0.6 is 0 Å². The van der Waals surface area contributed by atoms with Crippen LogP contribution in [-0.2, 0) is 0 Å². The van der Waals surface area contributed by atoms with Crippen molar-refractivity contribution in [3.8, 4) is 17.1 Å². The van der Waals surface area contributed by atoms with Gasteiger partial charge in [-0.1, -0.05) is 30.3 Å². The monoisotopic (exact) mass is 357 g/mol. The minimum Gasteiger partial charge on any atom is -0.495 e.